The van der Waals surface area contributed by atoms with E-state index < -0.39 is 5.97 Å². The first-order chi connectivity index (χ1) is 7.59. The Labute approximate surface area is 95.5 Å². The summed E-state index contributed by atoms with van der Waals surface area (Å²) in [5.41, 5.74) is 0.675. The summed E-state index contributed by atoms with van der Waals surface area (Å²) < 4.78 is 1.47. The highest BCUT2D eigenvalue weighted by molar-refractivity contribution is 6.33. The van der Waals surface area contributed by atoms with E-state index in [0.717, 1.165) is 0 Å². The number of rotatable bonds is 2. The molecule has 0 amide bonds. The minimum atomic E-state index is -1.06. The Morgan fingerprint density at radius 2 is 2.25 bits per heavy atom. The summed E-state index contributed by atoms with van der Waals surface area (Å²) in [6.45, 7) is 1.74. The van der Waals surface area contributed by atoms with Crippen molar-refractivity contribution in [3.8, 4) is 5.69 Å². The largest absolute Gasteiger partial charge is 0.478 e. The average molecular weight is 239 g/mol. The Kier molecular flexibility index (Phi) is 2.57. The standard InChI is InChI=1S/C9H7ClN4O2/c1-5-11-12-13-14(5)6-2-3-7(9(15)16)8(10)4-6/h2-4H,1H3,(H,15,16). The van der Waals surface area contributed by atoms with E-state index in [4.69, 9.17) is 16.7 Å². The third kappa shape index (κ3) is 1.74. The summed E-state index contributed by atoms with van der Waals surface area (Å²) in [5.74, 6) is -0.468. The van der Waals surface area contributed by atoms with E-state index in [2.05, 4.69) is 15.5 Å². The zero-order valence-corrected chi connectivity index (χ0v) is 9.01. The molecule has 0 radical (unpaired) electrons. The number of tetrazole rings is 1. The molecule has 1 aromatic heterocycles. The molecule has 0 saturated carbocycles. The molecule has 0 aliphatic heterocycles. The van der Waals surface area contributed by atoms with Crippen LogP contribution in [-0.4, -0.2) is 31.3 Å². The van der Waals surface area contributed by atoms with Crippen molar-refractivity contribution in [2.45, 2.75) is 6.92 Å². The van der Waals surface area contributed by atoms with Crippen molar-refractivity contribution in [1.82, 2.24) is 20.2 Å². The molecule has 0 aliphatic carbocycles. The van der Waals surface area contributed by atoms with Crippen LogP contribution in [0.1, 0.15) is 16.2 Å². The van der Waals surface area contributed by atoms with E-state index >= 15 is 0 Å². The van der Waals surface area contributed by atoms with Crippen LogP contribution >= 0.6 is 11.6 Å². The fourth-order valence-corrected chi connectivity index (χ4v) is 1.54. The Balaban J connectivity index is 2.50. The van der Waals surface area contributed by atoms with Gasteiger partial charge < -0.3 is 5.11 Å². The van der Waals surface area contributed by atoms with Crippen molar-refractivity contribution in [2.75, 3.05) is 0 Å². The minimum Gasteiger partial charge on any atom is -0.478 e. The fraction of sp³-hybridized carbons (Fsp3) is 0.111. The SMILES string of the molecule is Cc1nnnn1-c1ccc(C(=O)O)c(Cl)c1. The third-order valence-corrected chi connectivity index (χ3v) is 2.37. The molecule has 2 aromatic rings. The fourth-order valence-electron chi connectivity index (χ4n) is 1.28. The van der Waals surface area contributed by atoms with Gasteiger partial charge in [-0.2, -0.15) is 4.68 Å². The summed E-state index contributed by atoms with van der Waals surface area (Å²) in [4.78, 5) is 10.8. The molecule has 82 valence electrons. The van der Waals surface area contributed by atoms with Gasteiger partial charge >= 0.3 is 5.97 Å². The predicted molar refractivity (Wildman–Crippen MR) is 55.9 cm³/mol. The quantitative estimate of drug-likeness (QED) is 0.853. The number of aryl methyl sites for hydroxylation is 1. The molecule has 6 nitrogen and oxygen atoms in total. The van der Waals surface area contributed by atoms with Crippen molar-refractivity contribution in [3.63, 3.8) is 0 Å². The lowest BCUT2D eigenvalue weighted by atomic mass is 10.2. The van der Waals surface area contributed by atoms with Gasteiger partial charge in [-0.15, -0.1) is 5.10 Å². The number of carbonyl (C=O) groups is 1. The van der Waals surface area contributed by atoms with Crippen LogP contribution in [0, 0.1) is 6.92 Å². The van der Waals surface area contributed by atoms with Crippen molar-refractivity contribution >= 4 is 17.6 Å². The van der Waals surface area contributed by atoms with Gasteiger partial charge in [0, 0.05) is 0 Å². The van der Waals surface area contributed by atoms with Crippen molar-refractivity contribution in [2.24, 2.45) is 0 Å². The highest BCUT2D eigenvalue weighted by Gasteiger charge is 2.11. The molecule has 0 fully saturated rings. The van der Waals surface area contributed by atoms with Crippen molar-refractivity contribution < 1.29 is 9.90 Å². The molecule has 16 heavy (non-hydrogen) atoms. The summed E-state index contributed by atoms with van der Waals surface area (Å²) in [5, 5.41) is 19.9. The maximum Gasteiger partial charge on any atom is 0.337 e. The summed E-state index contributed by atoms with van der Waals surface area (Å²) in [7, 11) is 0. The Hall–Kier alpha value is -1.95. The summed E-state index contributed by atoms with van der Waals surface area (Å²) >= 11 is 5.83. The van der Waals surface area contributed by atoms with Gasteiger partial charge in [0.2, 0.25) is 0 Å². The molecule has 0 saturated heterocycles. The van der Waals surface area contributed by atoms with Crippen LogP contribution in [0.5, 0.6) is 0 Å². The smallest absolute Gasteiger partial charge is 0.337 e. The lowest BCUT2D eigenvalue weighted by Crippen LogP contribution is -2.02. The second-order valence-electron chi connectivity index (χ2n) is 3.11. The van der Waals surface area contributed by atoms with Gasteiger partial charge in [-0.1, -0.05) is 11.6 Å². The van der Waals surface area contributed by atoms with Gasteiger partial charge in [-0.05, 0) is 35.5 Å². The minimum absolute atomic E-state index is 0.0520. The van der Waals surface area contributed by atoms with Crippen LogP contribution in [0.4, 0.5) is 0 Å². The maximum absolute atomic E-state index is 10.8. The Morgan fingerprint density at radius 3 is 2.75 bits per heavy atom. The number of aromatic carboxylic acids is 1. The van der Waals surface area contributed by atoms with Crippen LogP contribution < -0.4 is 0 Å². The zero-order chi connectivity index (χ0) is 11.7. The summed E-state index contributed by atoms with van der Waals surface area (Å²) in [6, 6.07) is 4.52. The van der Waals surface area contributed by atoms with Gasteiger partial charge in [-0.3, -0.25) is 0 Å². The number of hydrogen-bond donors (Lipinski definition) is 1. The molecule has 1 aromatic carbocycles. The first-order valence-corrected chi connectivity index (χ1v) is 4.75. The number of carboxylic acid groups (broad SMARTS) is 1. The van der Waals surface area contributed by atoms with Crippen LogP contribution in [-0.2, 0) is 0 Å². The predicted octanol–water partition coefficient (Wildman–Crippen LogP) is 1.32. The van der Waals surface area contributed by atoms with Crippen molar-refractivity contribution in [1.29, 1.82) is 0 Å². The summed E-state index contributed by atoms with van der Waals surface area (Å²) in [6.07, 6.45) is 0. The van der Waals surface area contributed by atoms with E-state index in [1.54, 1.807) is 13.0 Å². The Morgan fingerprint density at radius 1 is 1.50 bits per heavy atom. The van der Waals surface area contributed by atoms with Crippen LogP contribution in [0.3, 0.4) is 0 Å². The molecule has 2 rings (SSSR count). The van der Waals surface area contributed by atoms with E-state index in [-0.39, 0.29) is 10.6 Å². The van der Waals surface area contributed by atoms with Gasteiger partial charge in [0.25, 0.3) is 0 Å². The molecule has 1 heterocycles. The number of hydrogen-bond acceptors (Lipinski definition) is 4. The maximum atomic E-state index is 10.8. The number of benzene rings is 1. The van der Waals surface area contributed by atoms with Gasteiger partial charge in [0.1, 0.15) is 0 Å². The zero-order valence-electron chi connectivity index (χ0n) is 8.25. The molecule has 0 atom stereocenters. The number of halogens is 1. The van der Waals surface area contributed by atoms with Gasteiger partial charge in [-0.25, -0.2) is 4.79 Å². The second-order valence-corrected chi connectivity index (χ2v) is 3.51. The molecule has 0 aliphatic rings. The van der Waals surface area contributed by atoms with Crippen LogP contribution in [0.2, 0.25) is 5.02 Å². The molecule has 0 unspecified atom stereocenters. The number of nitrogens with zero attached hydrogens (tertiary/aromatic N) is 4. The molecule has 1 N–H and O–H groups in total. The molecule has 0 spiro atoms. The second kappa shape index (κ2) is 3.90. The van der Waals surface area contributed by atoms with Gasteiger partial charge in [0.05, 0.1) is 16.3 Å². The lowest BCUT2D eigenvalue weighted by molar-refractivity contribution is 0.0697. The molecule has 0 bridgehead atoms. The first kappa shape index (κ1) is 10.6. The topological polar surface area (TPSA) is 80.9 Å². The lowest BCUT2D eigenvalue weighted by Gasteiger charge is -2.04. The number of carboxylic acids is 1. The first-order valence-electron chi connectivity index (χ1n) is 4.38. The number of aromatic nitrogens is 4. The normalized spacial score (nSPS) is 10.4. The van der Waals surface area contributed by atoms with E-state index in [9.17, 15) is 4.79 Å². The van der Waals surface area contributed by atoms with E-state index in [0.29, 0.717) is 11.5 Å². The van der Waals surface area contributed by atoms with E-state index in [1.165, 1.54) is 16.8 Å². The molecular weight excluding hydrogens is 232 g/mol. The highest BCUT2D eigenvalue weighted by atomic mass is 35.5. The van der Waals surface area contributed by atoms with Crippen LogP contribution in [0.25, 0.3) is 5.69 Å². The Bertz CT molecular complexity index is 552. The van der Waals surface area contributed by atoms with E-state index in [1.807, 2.05) is 0 Å². The monoisotopic (exact) mass is 238 g/mol. The van der Waals surface area contributed by atoms with Crippen molar-refractivity contribution in [3.05, 3.63) is 34.6 Å². The van der Waals surface area contributed by atoms with Crippen LogP contribution in [0.15, 0.2) is 18.2 Å². The third-order valence-electron chi connectivity index (χ3n) is 2.05. The highest BCUT2D eigenvalue weighted by Crippen LogP contribution is 2.20. The molecule has 7 heteroatoms. The average Bonchev–Trinajstić information content (AvgIpc) is 2.63. The van der Waals surface area contributed by atoms with Gasteiger partial charge in [0.15, 0.2) is 5.82 Å². The molecular formula is C9H7ClN4O2.